The van der Waals surface area contributed by atoms with Crippen LogP contribution in [0.3, 0.4) is 0 Å². The van der Waals surface area contributed by atoms with Crippen LogP contribution in [0.4, 0.5) is 0 Å². The molecule has 0 aromatic rings. The van der Waals surface area contributed by atoms with E-state index >= 15 is 0 Å². The van der Waals surface area contributed by atoms with Gasteiger partial charge in [-0.05, 0) is 25.7 Å². The van der Waals surface area contributed by atoms with Gasteiger partial charge in [0.15, 0.2) is 0 Å². The number of hydrogen-bond donors (Lipinski definition) is 0. The molecule has 0 nitrogen and oxygen atoms in total. The van der Waals surface area contributed by atoms with E-state index in [0.717, 1.165) is 0 Å². The van der Waals surface area contributed by atoms with Crippen molar-refractivity contribution in [3.8, 4) is 0 Å². The SMILES string of the molecule is C=CC=CC=CC=CP(P)(=CP(P)(P)=CC=CC=CC)P(P)P. The molecule has 0 aliphatic rings. The number of allylic oxidation sites excluding steroid dienone is 10. The number of rotatable bonds is 8. The van der Waals surface area contributed by atoms with E-state index in [1.54, 1.807) is 6.08 Å². The van der Waals surface area contributed by atoms with E-state index < -0.39 is 12.5 Å². The molecule has 0 aromatic heterocycles. The average molecular weight is 456 g/mol. The van der Waals surface area contributed by atoms with Crippen LogP contribution in [0.2, 0.25) is 0 Å². The Morgan fingerprint density at radius 3 is 1.96 bits per heavy atom. The minimum atomic E-state index is -1.35. The van der Waals surface area contributed by atoms with E-state index in [0.29, 0.717) is 0 Å². The minimum Gasteiger partial charge on any atom is -0.104 e. The molecular formula is C15H28P8. The van der Waals surface area contributed by atoms with Crippen LogP contribution in [0.25, 0.3) is 0 Å². The van der Waals surface area contributed by atoms with Gasteiger partial charge in [-0.25, -0.2) is 0 Å². The maximum absolute atomic E-state index is 3.66. The maximum Gasteiger partial charge on any atom is -0.0367 e. The summed E-state index contributed by atoms with van der Waals surface area (Å²) in [6.45, 7) is 5.46. The highest BCUT2D eigenvalue weighted by Gasteiger charge is 2.15. The molecule has 0 spiro atoms. The topological polar surface area (TPSA) is 0 Å². The van der Waals surface area contributed by atoms with E-state index in [2.05, 4.69) is 98.8 Å². The third-order valence-corrected chi connectivity index (χ3v) is 30.9. The molecule has 0 saturated carbocycles. The average Bonchev–Trinajstić information content (AvgIpc) is 2.46. The highest BCUT2D eigenvalue weighted by Crippen LogP contribution is 2.92. The molecule has 0 rings (SSSR count). The largest absolute Gasteiger partial charge is 0.104 e. The summed E-state index contributed by atoms with van der Waals surface area (Å²) < 4.78 is 0. The first-order valence-corrected chi connectivity index (χ1v) is 20.8. The van der Waals surface area contributed by atoms with E-state index in [1.165, 1.54) is 0 Å². The summed E-state index contributed by atoms with van der Waals surface area (Å²) in [6.07, 6.45) is 17.5. The standard InChI is InChI=1S/C15H28P8/c1-3-5-7-9-10-12-14-23(20,21(16)17)15-22(18,19)13-11-8-6-4-2/h3-15H,1,16-20H2,2H3. The molecule has 0 fully saturated rings. The van der Waals surface area contributed by atoms with Crippen molar-refractivity contribution in [2.45, 2.75) is 6.92 Å². The Labute approximate surface area is 155 Å². The molecule has 0 aliphatic carbocycles. The lowest BCUT2D eigenvalue weighted by atomic mass is 10.4. The third-order valence-electron chi connectivity index (χ3n) is 2.45. The van der Waals surface area contributed by atoms with E-state index in [1.807, 2.05) is 31.2 Å². The van der Waals surface area contributed by atoms with Gasteiger partial charge in [0.05, 0.1) is 0 Å². The monoisotopic (exact) mass is 456 g/mol. The van der Waals surface area contributed by atoms with Crippen molar-refractivity contribution < 1.29 is 0 Å². The van der Waals surface area contributed by atoms with Crippen LogP contribution >= 0.6 is 64.2 Å². The first kappa shape index (κ1) is 24.6. The molecule has 128 valence electrons. The van der Waals surface area contributed by atoms with E-state index in [-0.39, 0.29) is 6.99 Å². The van der Waals surface area contributed by atoms with E-state index in [9.17, 15) is 0 Å². The second-order valence-electron chi connectivity index (χ2n) is 4.59. The van der Waals surface area contributed by atoms with Gasteiger partial charge >= 0.3 is 0 Å². The second kappa shape index (κ2) is 13.8. The summed E-state index contributed by atoms with van der Waals surface area (Å²) >= 11 is 0. The second-order valence-corrected chi connectivity index (χ2v) is 32.5. The molecule has 6 atom stereocenters. The predicted octanol–water partition coefficient (Wildman–Crippen LogP) is 7.88. The Morgan fingerprint density at radius 1 is 0.826 bits per heavy atom. The summed E-state index contributed by atoms with van der Waals surface area (Å²) in [5.74, 6) is 4.65. The van der Waals surface area contributed by atoms with Gasteiger partial charge < -0.3 is 0 Å². The Balaban J connectivity index is 5.49. The lowest BCUT2D eigenvalue weighted by Crippen LogP contribution is -1.71. The molecule has 0 aliphatic heterocycles. The van der Waals surface area contributed by atoms with Gasteiger partial charge in [0.1, 0.15) is 0 Å². The molecule has 0 amide bonds. The highest BCUT2D eigenvalue weighted by atomic mass is 32.8. The maximum atomic E-state index is 3.66. The van der Waals surface area contributed by atoms with Gasteiger partial charge in [0.25, 0.3) is 0 Å². The van der Waals surface area contributed by atoms with Gasteiger partial charge in [-0.15, -0.1) is 44.6 Å². The zero-order valence-electron chi connectivity index (χ0n) is 13.4. The van der Waals surface area contributed by atoms with Crippen molar-refractivity contribution in [1.29, 1.82) is 0 Å². The summed E-state index contributed by atoms with van der Waals surface area (Å²) in [4.78, 5) is 0. The molecule has 6 unspecified atom stereocenters. The highest BCUT2D eigenvalue weighted by molar-refractivity contribution is 8.88. The molecule has 0 radical (unpaired) electrons. The minimum absolute atomic E-state index is 0.220. The van der Waals surface area contributed by atoms with Crippen LogP contribution in [0.5, 0.6) is 0 Å². The van der Waals surface area contributed by atoms with Gasteiger partial charge in [-0.3, -0.25) is 0 Å². The quantitative estimate of drug-likeness (QED) is 0.258. The third kappa shape index (κ3) is 12.6. The molecule has 0 N–H and O–H groups in total. The van der Waals surface area contributed by atoms with Crippen LogP contribution in [-0.4, -0.2) is 11.3 Å². The molecule has 0 saturated heterocycles. The molecule has 0 aromatic carbocycles. The summed E-state index contributed by atoms with van der Waals surface area (Å²) in [6, 6.07) is 0. The van der Waals surface area contributed by atoms with Gasteiger partial charge in [0.2, 0.25) is 0 Å². The Kier molecular flexibility index (Phi) is 14.7. The fourth-order valence-corrected chi connectivity index (χ4v) is 25.7. The lowest BCUT2D eigenvalue weighted by molar-refractivity contribution is 1.74. The molecular weight excluding hydrogens is 428 g/mol. The first-order valence-electron chi connectivity index (χ1n) is 6.84. The zero-order chi connectivity index (χ0) is 17.8. The fourth-order valence-electron chi connectivity index (χ4n) is 1.37. The zero-order valence-corrected chi connectivity index (χ0v) is 21.9. The van der Waals surface area contributed by atoms with Crippen molar-refractivity contribution in [2.75, 3.05) is 0 Å². The van der Waals surface area contributed by atoms with E-state index in [4.69, 9.17) is 0 Å². The normalized spacial score (nSPS) is 16.3. The van der Waals surface area contributed by atoms with Crippen molar-refractivity contribution in [3.05, 3.63) is 73.2 Å². The fraction of sp³-hybridized carbons (Fsp3) is 0.0667. The summed E-state index contributed by atoms with van der Waals surface area (Å²) in [7, 11) is 15.2. The van der Waals surface area contributed by atoms with Crippen LogP contribution in [0.1, 0.15) is 6.92 Å². The molecule has 0 heterocycles. The van der Waals surface area contributed by atoms with Crippen molar-refractivity contribution in [3.63, 3.8) is 0 Å². The van der Waals surface area contributed by atoms with Crippen molar-refractivity contribution >= 4 is 75.5 Å². The van der Waals surface area contributed by atoms with Gasteiger partial charge in [0, 0.05) is 0 Å². The van der Waals surface area contributed by atoms with Gasteiger partial charge in [-0.2, -0.15) is 0 Å². The van der Waals surface area contributed by atoms with Crippen molar-refractivity contribution in [2.24, 2.45) is 0 Å². The Bertz CT molecular complexity index is 611. The molecule has 23 heavy (non-hydrogen) atoms. The Hall–Kier alpha value is 1.62. The predicted molar refractivity (Wildman–Crippen MR) is 143 cm³/mol. The smallest absolute Gasteiger partial charge is 0.0367 e. The van der Waals surface area contributed by atoms with Gasteiger partial charge in [-0.1, -0.05) is 85.2 Å². The van der Waals surface area contributed by atoms with Crippen molar-refractivity contribution in [1.82, 2.24) is 0 Å². The van der Waals surface area contributed by atoms with Crippen LogP contribution in [0.15, 0.2) is 73.2 Å². The molecule has 0 bridgehead atoms. The summed E-state index contributed by atoms with van der Waals surface area (Å²) in [5.41, 5.74) is 2.54. The first-order chi connectivity index (χ1) is 10.8. The number of hydrogen-bond acceptors (Lipinski definition) is 0. The van der Waals surface area contributed by atoms with Crippen LogP contribution in [-0.2, 0) is 0 Å². The summed E-state index contributed by atoms with van der Waals surface area (Å²) in [5, 5.41) is 0. The lowest BCUT2D eigenvalue weighted by Gasteiger charge is -2.25. The molecule has 8 heteroatoms. The van der Waals surface area contributed by atoms with Crippen LogP contribution in [0, 0.1) is 0 Å². The van der Waals surface area contributed by atoms with Crippen LogP contribution < -0.4 is 0 Å². The Morgan fingerprint density at radius 2 is 1.39 bits per heavy atom.